The summed E-state index contributed by atoms with van der Waals surface area (Å²) in [6.45, 7) is 4.74. The fourth-order valence-electron chi connectivity index (χ4n) is 0.861. The second kappa shape index (κ2) is 5.24. The van der Waals surface area contributed by atoms with Gasteiger partial charge < -0.3 is 0 Å². The third-order valence-corrected chi connectivity index (χ3v) is 2.72. The van der Waals surface area contributed by atoms with E-state index in [1.807, 2.05) is 0 Å². The predicted octanol–water partition coefficient (Wildman–Crippen LogP) is 1.51. The van der Waals surface area contributed by atoms with Crippen LogP contribution >= 0.6 is 24.0 Å². The Morgan fingerprint density at radius 3 is 1.67 bits per heavy atom. The zero-order valence-corrected chi connectivity index (χ0v) is 9.45. The summed E-state index contributed by atoms with van der Waals surface area (Å²) in [5.41, 5.74) is -0.731. The number of hydrogen-bond donors (Lipinski definition) is 1. The maximum atomic E-state index is 10.6. The number of hydrogen-bond acceptors (Lipinski definition) is 2. The molecule has 0 rings (SSSR count). The van der Waals surface area contributed by atoms with E-state index in [1.165, 1.54) is 6.92 Å². The van der Waals surface area contributed by atoms with Crippen LogP contribution in [0.2, 0.25) is 0 Å². The van der Waals surface area contributed by atoms with Gasteiger partial charge in [-0.05, 0) is 20.8 Å². The Hall–Kier alpha value is 0.450. The van der Waals surface area contributed by atoms with Gasteiger partial charge in [-0.2, -0.15) is 12.7 Å². The number of rotatable bonds is 3. The monoisotopic (exact) mass is 237 g/mol. The molecule has 0 heterocycles. The van der Waals surface area contributed by atoms with Crippen LogP contribution in [0.3, 0.4) is 0 Å². The maximum absolute atomic E-state index is 10.6. The van der Waals surface area contributed by atoms with Gasteiger partial charge in [-0.1, -0.05) is 0 Å². The molecule has 0 aliphatic heterocycles. The zero-order chi connectivity index (χ0) is 9.23. The number of alkyl halides is 1. The minimum atomic E-state index is -4.16. The van der Waals surface area contributed by atoms with E-state index in [-0.39, 0.29) is 18.4 Å². The Labute approximate surface area is 84.2 Å². The predicted molar refractivity (Wildman–Crippen MR) is 51.1 cm³/mol. The van der Waals surface area contributed by atoms with Crippen LogP contribution in [0.5, 0.6) is 0 Å². The van der Waals surface area contributed by atoms with Gasteiger partial charge in [0, 0.05) is 6.04 Å². The molecule has 4 nitrogen and oxygen atoms in total. The van der Waals surface area contributed by atoms with Crippen LogP contribution in [0.25, 0.3) is 0 Å². The van der Waals surface area contributed by atoms with Gasteiger partial charge in [0.05, 0.1) is 5.50 Å². The van der Waals surface area contributed by atoms with Crippen molar-refractivity contribution in [3.05, 3.63) is 0 Å². The molecule has 0 aliphatic rings. The van der Waals surface area contributed by atoms with Crippen LogP contribution in [0.4, 0.5) is 0 Å². The van der Waals surface area contributed by atoms with Gasteiger partial charge in [0.25, 0.3) is 0 Å². The minimum absolute atomic E-state index is 0. The third kappa shape index (κ3) is 4.47. The Bertz CT molecular complexity index is 207. The summed E-state index contributed by atoms with van der Waals surface area (Å²) >= 11 is 5.51. The van der Waals surface area contributed by atoms with E-state index in [4.69, 9.17) is 16.2 Å². The van der Waals surface area contributed by atoms with E-state index >= 15 is 0 Å². The SMILES string of the molecule is CC(C)N(C(C)Cl)S(=O)(=O)O.Cl. The quantitative estimate of drug-likeness (QED) is 0.460. The summed E-state index contributed by atoms with van der Waals surface area (Å²) in [7, 11) is -4.16. The lowest BCUT2D eigenvalue weighted by Gasteiger charge is -2.24. The summed E-state index contributed by atoms with van der Waals surface area (Å²) < 4.78 is 30.7. The first kappa shape index (κ1) is 14.9. The van der Waals surface area contributed by atoms with Crippen molar-refractivity contribution in [2.24, 2.45) is 0 Å². The fraction of sp³-hybridized carbons (Fsp3) is 1.00. The van der Waals surface area contributed by atoms with Crippen LogP contribution < -0.4 is 0 Å². The number of halogens is 2. The third-order valence-electron chi connectivity index (χ3n) is 1.13. The standard InChI is InChI=1S/C5H12ClNO3S.ClH/c1-4(2)7(5(3)6)11(8,9)10;/h4-5H,1-3H3,(H,8,9,10);1H. The molecule has 7 heteroatoms. The molecule has 1 atom stereocenters. The van der Waals surface area contributed by atoms with Gasteiger partial charge >= 0.3 is 10.3 Å². The van der Waals surface area contributed by atoms with Crippen LogP contribution in [0, 0.1) is 0 Å². The summed E-state index contributed by atoms with van der Waals surface area (Å²) in [6, 6.07) is -0.336. The molecule has 0 fully saturated rings. The van der Waals surface area contributed by atoms with Gasteiger partial charge in [-0.25, -0.2) is 0 Å². The van der Waals surface area contributed by atoms with Crippen LogP contribution in [-0.4, -0.2) is 28.8 Å². The van der Waals surface area contributed by atoms with Crippen molar-refractivity contribution in [3.8, 4) is 0 Å². The van der Waals surface area contributed by atoms with Crippen LogP contribution in [0.15, 0.2) is 0 Å². The van der Waals surface area contributed by atoms with Crippen molar-refractivity contribution in [2.75, 3.05) is 0 Å². The fourth-order valence-corrected chi connectivity index (χ4v) is 2.29. The van der Waals surface area contributed by atoms with Crippen molar-refractivity contribution in [1.82, 2.24) is 4.31 Å². The molecule has 0 radical (unpaired) electrons. The lowest BCUT2D eigenvalue weighted by atomic mass is 10.4. The molecule has 76 valence electrons. The van der Waals surface area contributed by atoms with E-state index in [1.54, 1.807) is 13.8 Å². The molecule has 1 unspecified atom stereocenters. The number of nitrogens with zero attached hydrogens (tertiary/aromatic N) is 1. The highest BCUT2D eigenvalue weighted by Gasteiger charge is 2.26. The largest absolute Gasteiger partial charge is 0.337 e. The smallest absolute Gasteiger partial charge is 0.273 e. The molecule has 0 saturated heterocycles. The van der Waals surface area contributed by atoms with E-state index in [0.717, 1.165) is 4.31 Å². The van der Waals surface area contributed by atoms with Crippen molar-refractivity contribution in [3.63, 3.8) is 0 Å². The average molecular weight is 238 g/mol. The average Bonchev–Trinajstić information content (AvgIpc) is 1.54. The molecule has 0 bridgehead atoms. The zero-order valence-electron chi connectivity index (χ0n) is 7.06. The van der Waals surface area contributed by atoms with Gasteiger partial charge in [-0.3, -0.25) is 4.55 Å². The molecule has 12 heavy (non-hydrogen) atoms. The van der Waals surface area contributed by atoms with Crippen LogP contribution in [0.1, 0.15) is 20.8 Å². The Kier molecular flexibility index (Phi) is 6.52. The molecule has 0 aromatic carbocycles. The Morgan fingerprint density at radius 2 is 1.67 bits per heavy atom. The van der Waals surface area contributed by atoms with Crippen molar-refractivity contribution in [2.45, 2.75) is 32.3 Å². The molecule has 0 amide bonds. The highest BCUT2D eigenvalue weighted by Crippen LogP contribution is 2.12. The van der Waals surface area contributed by atoms with Gasteiger partial charge in [0.2, 0.25) is 0 Å². The molecule has 0 aliphatic carbocycles. The van der Waals surface area contributed by atoms with E-state index < -0.39 is 15.8 Å². The van der Waals surface area contributed by atoms with E-state index in [2.05, 4.69) is 0 Å². The molecule has 0 saturated carbocycles. The van der Waals surface area contributed by atoms with Crippen molar-refractivity contribution in [1.29, 1.82) is 0 Å². The summed E-state index contributed by atoms with van der Waals surface area (Å²) in [5.74, 6) is 0. The minimum Gasteiger partial charge on any atom is -0.273 e. The highest BCUT2D eigenvalue weighted by molar-refractivity contribution is 7.83. The molecule has 1 N–H and O–H groups in total. The second-order valence-electron chi connectivity index (χ2n) is 2.48. The second-order valence-corrected chi connectivity index (χ2v) is 4.42. The Morgan fingerprint density at radius 1 is 1.33 bits per heavy atom. The first-order chi connectivity index (χ1) is 4.76. The lowest BCUT2D eigenvalue weighted by Crippen LogP contribution is -2.40. The molecular formula is C5H13Cl2NO3S. The van der Waals surface area contributed by atoms with Gasteiger partial charge in [0.15, 0.2) is 0 Å². The van der Waals surface area contributed by atoms with Crippen molar-refractivity contribution < 1.29 is 13.0 Å². The van der Waals surface area contributed by atoms with Gasteiger partial charge in [-0.15, -0.1) is 24.0 Å². The summed E-state index contributed by atoms with van der Waals surface area (Å²) in [4.78, 5) is 0. The van der Waals surface area contributed by atoms with Crippen molar-refractivity contribution >= 4 is 34.3 Å². The summed E-state index contributed by atoms with van der Waals surface area (Å²) in [6.07, 6.45) is 0. The van der Waals surface area contributed by atoms with Crippen LogP contribution in [-0.2, 0) is 10.3 Å². The normalized spacial score (nSPS) is 14.6. The van der Waals surface area contributed by atoms with Gasteiger partial charge in [0.1, 0.15) is 0 Å². The molecule has 0 aromatic heterocycles. The van der Waals surface area contributed by atoms with E-state index in [9.17, 15) is 8.42 Å². The highest BCUT2D eigenvalue weighted by atomic mass is 35.5. The van der Waals surface area contributed by atoms with E-state index in [0.29, 0.717) is 0 Å². The lowest BCUT2D eigenvalue weighted by molar-refractivity contribution is 0.302. The Balaban J connectivity index is 0. The molecule has 0 spiro atoms. The summed E-state index contributed by atoms with van der Waals surface area (Å²) in [5, 5.41) is 0. The molecular weight excluding hydrogens is 225 g/mol. The first-order valence-corrected chi connectivity index (χ1v) is 5.00. The topological polar surface area (TPSA) is 57.6 Å². The maximum Gasteiger partial charge on any atom is 0.337 e. The molecule has 0 aromatic rings. The first-order valence-electron chi connectivity index (χ1n) is 3.17.